The Labute approximate surface area is 245 Å². The fraction of sp³-hybridized carbons (Fsp3) is 0.214. The molecule has 0 aliphatic heterocycles. The normalized spacial score (nSPS) is 11.8. The van der Waals surface area contributed by atoms with Crippen LogP contribution in [0.25, 0.3) is 10.9 Å². The first kappa shape index (κ1) is 28.2. The standard InChI is InChI=1S/C28H25Br3N4O3/c1-16-7-5-6-8-22(16)33-24(36)15-38-25-20(30)11-17(12-21(25)31)14-32-35-26(37)19-13-18(29)9-10-23(19)34-27(35)28(2,3)4/h5-14H,15H2,1-4H3,(H,33,36). The zero-order valence-corrected chi connectivity index (χ0v) is 25.9. The van der Waals surface area contributed by atoms with Crippen molar-refractivity contribution in [3.05, 3.63) is 95.3 Å². The number of benzene rings is 3. The molecule has 0 aliphatic carbocycles. The lowest BCUT2D eigenvalue weighted by Crippen LogP contribution is -2.29. The fourth-order valence-corrected chi connectivity index (χ4v) is 5.51. The van der Waals surface area contributed by atoms with Crippen molar-refractivity contribution < 1.29 is 9.53 Å². The number of hydrogen-bond donors (Lipinski definition) is 1. The summed E-state index contributed by atoms with van der Waals surface area (Å²) < 4.78 is 9.17. The first-order valence-electron chi connectivity index (χ1n) is 11.7. The average molecular weight is 705 g/mol. The number of para-hydroxylation sites is 1. The molecule has 38 heavy (non-hydrogen) atoms. The average Bonchev–Trinajstić information content (AvgIpc) is 2.84. The Kier molecular flexibility index (Phi) is 8.54. The molecule has 3 aromatic carbocycles. The quantitative estimate of drug-likeness (QED) is 0.216. The monoisotopic (exact) mass is 702 g/mol. The van der Waals surface area contributed by atoms with Crippen LogP contribution in [0.5, 0.6) is 5.75 Å². The highest BCUT2D eigenvalue weighted by Crippen LogP contribution is 2.34. The van der Waals surface area contributed by atoms with Gasteiger partial charge in [-0.25, -0.2) is 4.98 Å². The lowest BCUT2D eigenvalue weighted by molar-refractivity contribution is -0.118. The third kappa shape index (κ3) is 6.42. The number of halogens is 3. The molecule has 1 aromatic heterocycles. The van der Waals surface area contributed by atoms with Gasteiger partial charge in [-0.15, -0.1) is 0 Å². The smallest absolute Gasteiger partial charge is 0.282 e. The Balaban J connectivity index is 1.59. The zero-order valence-electron chi connectivity index (χ0n) is 21.2. The van der Waals surface area contributed by atoms with Gasteiger partial charge < -0.3 is 10.1 Å². The predicted molar refractivity (Wildman–Crippen MR) is 163 cm³/mol. The van der Waals surface area contributed by atoms with Crippen LogP contribution in [0.1, 0.15) is 37.7 Å². The first-order valence-corrected chi connectivity index (χ1v) is 14.1. The van der Waals surface area contributed by atoms with E-state index in [1.807, 2.05) is 64.1 Å². The van der Waals surface area contributed by atoms with Gasteiger partial charge in [-0.3, -0.25) is 9.59 Å². The van der Waals surface area contributed by atoms with Gasteiger partial charge in [-0.05, 0) is 86.3 Å². The SMILES string of the molecule is Cc1ccccc1NC(=O)COc1c(Br)cc(C=Nn2c(C(C)(C)C)nc3ccc(Br)cc3c2=O)cc1Br. The van der Waals surface area contributed by atoms with Crippen LogP contribution in [0.2, 0.25) is 0 Å². The predicted octanol–water partition coefficient (Wildman–Crippen LogP) is 7.19. The fourth-order valence-electron chi connectivity index (χ4n) is 3.69. The highest BCUT2D eigenvalue weighted by atomic mass is 79.9. The van der Waals surface area contributed by atoms with Crippen LogP contribution < -0.4 is 15.6 Å². The number of hydrogen-bond acceptors (Lipinski definition) is 5. The molecule has 0 spiro atoms. The lowest BCUT2D eigenvalue weighted by Gasteiger charge is -2.21. The Bertz CT molecular complexity index is 1600. The Morgan fingerprint density at radius 1 is 1.08 bits per heavy atom. The maximum absolute atomic E-state index is 13.4. The van der Waals surface area contributed by atoms with Gasteiger partial charge in [-0.2, -0.15) is 9.78 Å². The van der Waals surface area contributed by atoms with E-state index in [-0.39, 0.29) is 18.1 Å². The summed E-state index contributed by atoms with van der Waals surface area (Å²) in [4.78, 5) is 30.5. The molecule has 0 bridgehead atoms. The first-order chi connectivity index (χ1) is 17.9. The number of nitrogens with one attached hydrogen (secondary N) is 1. The van der Waals surface area contributed by atoms with Crippen molar-refractivity contribution in [2.24, 2.45) is 5.10 Å². The van der Waals surface area contributed by atoms with Crippen molar-refractivity contribution in [1.29, 1.82) is 0 Å². The van der Waals surface area contributed by atoms with Crippen LogP contribution in [0.15, 0.2) is 77.9 Å². The Hall–Kier alpha value is -2.82. The van der Waals surface area contributed by atoms with E-state index < -0.39 is 5.41 Å². The number of carbonyl (C=O) groups is 1. The number of amides is 1. The van der Waals surface area contributed by atoms with Crippen LogP contribution in [-0.2, 0) is 10.2 Å². The second-order valence-electron chi connectivity index (χ2n) is 9.67. The molecule has 0 saturated carbocycles. The van der Waals surface area contributed by atoms with E-state index in [2.05, 4.69) is 58.2 Å². The molecular formula is C28H25Br3N4O3. The van der Waals surface area contributed by atoms with Crippen molar-refractivity contribution in [2.75, 3.05) is 11.9 Å². The summed E-state index contributed by atoms with van der Waals surface area (Å²) in [5, 5.41) is 7.84. The van der Waals surface area contributed by atoms with Gasteiger partial charge in [0.25, 0.3) is 11.5 Å². The number of aryl methyl sites for hydroxylation is 1. The van der Waals surface area contributed by atoms with Crippen molar-refractivity contribution in [2.45, 2.75) is 33.1 Å². The minimum absolute atomic E-state index is 0.165. The van der Waals surface area contributed by atoms with Crippen molar-refractivity contribution in [3.63, 3.8) is 0 Å². The summed E-state index contributed by atoms with van der Waals surface area (Å²) in [6.45, 7) is 7.72. The number of carbonyl (C=O) groups excluding carboxylic acids is 1. The highest BCUT2D eigenvalue weighted by Gasteiger charge is 2.23. The van der Waals surface area contributed by atoms with E-state index in [0.29, 0.717) is 37.0 Å². The molecule has 1 amide bonds. The number of rotatable bonds is 6. The van der Waals surface area contributed by atoms with Crippen LogP contribution in [0.4, 0.5) is 5.69 Å². The van der Waals surface area contributed by atoms with Gasteiger partial charge in [-0.1, -0.05) is 54.9 Å². The number of aromatic nitrogens is 2. The Morgan fingerprint density at radius 3 is 2.42 bits per heavy atom. The molecule has 4 aromatic rings. The van der Waals surface area contributed by atoms with Crippen LogP contribution >= 0.6 is 47.8 Å². The number of fused-ring (bicyclic) bond motifs is 1. The van der Waals surface area contributed by atoms with Gasteiger partial charge >= 0.3 is 0 Å². The van der Waals surface area contributed by atoms with E-state index in [1.165, 1.54) is 4.68 Å². The molecule has 1 N–H and O–H groups in total. The van der Waals surface area contributed by atoms with Crippen LogP contribution in [0, 0.1) is 6.92 Å². The van der Waals surface area contributed by atoms with Crippen LogP contribution in [-0.4, -0.2) is 28.4 Å². The molecule has 0 aliphatic rings. The summed E-state index contributed by atoms with van der Waals surface area (Å²) in [6.07, 6.45) is 1.59. The minimum Gasteiger partial charge on any atom is -0.481 e. The van der Waals surface area contributed by atoms with Gasteiger partial charge in [0.2, 0.25) is 0 Å². The van der Waals surface area contributed by atoms with E-state index in [9.17, 15) is 9.59 Å². The van der Waals surface area contributed by atoms with Crippen molar-refractivity contribution in [1.82, 2.24) is 9.66 Å². The molecule has 0 unspecified atom stereocenters. The molecule has 0 atom stereocenters. The molecule has 7 nitrogen and oxygen atoms in total. The largest absolute Gasteiger partial charge is 0.481 e. The molecular weight excluding hydrogens is 680 g/mol. The topological polar surface area (TPSA) is 85.6 Å². The van der Waals surface area contributed by atoms with Gasteiger partial charge in [0.05, 0.1) is 26.1 Å². The molecule has 0 fully saturated rings. The molecule has 10 heteroatoms. The van der Waals surface area contributed by atoms with E-state index in [4.69, 9.17) is 9.72 Å². The Morgan fingerprint density at radius 2 is 1.76 bits per heavy atom. The summed E-state index contributed by atoms with van der Waals surface area (Å²) in [7, 11) is 0. The second kappa shape index (κ2) is 11.5. The van der Waals surface area contributed by atoms with Gasteiger partial charge in [0.15, 0.2) is 6.61 Å². The molecule has 0 saturated heterocycles. The summed E-state index contributed by atoms with van der Waals surface area (Å²) in [5.41, 5.74) is 2.36. The number of ether oxygens (including phenoxy) is 1. The van der Waals surface area contributed by atoms with Gasteiger partial charge in [0.1, 0.15) is 11.6 Å². The molecule has 0 radical (unpaired) electrons. The van der Waals surface area contributed by atoms with E-state index >= 15 is 0 Å². The maximum Gasteiger partial charge on any atom is 0.282 e. The minimum atomic E-state index is -0.421. The molecule has 196 valence electrons. The third-order valence-electron chi connectivity index (χ3n) is 5.59. The number of anilines is 1. The summed E-state index contributed by atoms with van der Waals surface area (Å²) >= 11 is 10.5. The highest BCUT2D eigenvalue weighted by molar-refractivity contribution is 9.11. The number of nitrogens with zero attached hydrogens (tertiary/aromatic N) is 3. The van der Waals surface area contributed by atoms with Crippen molar-refractivity contribution in [3.8, 4) is 5.75 Å². The van der Waals surface area contributed by atoms with Gasteiger partial charge in [0, 0.05) is 15.6 Å². The third-order valence-corrected chi connectivity index (χ3v) is 7.26. The van der Waals surface area contributed by atoms with Crippen LogP contribution in [0.3, 0.4) is 0 Å². The summed E-state index contributed by atoms with van der Waals surface area (Å²) in [6, 6.07) is 16.6. The molecule has 4 rings (SSSR count). The maximum atomic E-state index is 13.4. The summed E-state index contributed by atoms with van der Waals surface area (Å²) in [5.74, 6) is 0.756. The zero-order chi connectivity index (χ0) is 27.6. The second-order valence-corrected chi connectivity index (χ2v) is 12.3. The van der Waals surface area contributed by atoms with E-state index in [0.717, 1.165) is 15.7 Å². The molecule has 1 heterocycles. The van der Waals surface area contributed by atoms with E-state index in [1.54, 1.807) is 24.4 Å². The lowest BCUT2D eigenvalue weighted by atomic mass is 9.95. The van der Waals surface area contributed by atoms with Crippen molar-refractivity contribution >= 4 is 76.5 Å².